The third-order valence-electron chi connectivity index (χ3n) is 1.39. The van der Waals surface area contributed by atoms with E-state index < -0.39 is 9.84 Å². The molecular weight excluding hydrogens is 210 g/mol. The van der Waals surface area contributed by atoms with E-state index in [4.69, 9.17) is 5.26 Å². The lowest BCUT2D eigenvalue weighted by atomic mass is 10.2. The van der Waals surface area contributed by atoms with E-state index in [0.29, 0.717) is 5.56 Å². The first-order chi connectivity index (χ1) is 6.95. The number of hydrogen-bond donors (Lipinski definition) is 0. The van der Waals surface area contributed by atoms with Gasteiger partial charge in [-0.2, -0.15) is 5.26 Å². The summed E-state index contributed by atoms with van der Waals surface area (Å²) in [5.41, 5.74) is 0.359. The number of sulfone groups is 1. The highest BCUT2D eigenvalue weighted by Crippen LogP contribution is 2.09. The molecule has 1 rings (SSSR count). The molecule has 3 nitrogen and oxygen atoms in total. The Bertz CT molecular complexity index is 504. The molecular formula is C11H11NO2S. The molecule has 0 fully saturated rings. The van der Waals surface area contributed by atoms with Crippen molar-refractivity contribution in [2.75, 3.05) is 6.26 Å². The fraction of sp³-hybridized carbons (Fsp3) is 0.182. The molecule has 0 saturated heterocycles. The SMILES string of the molecule is C#CC.CS(=O)(=O)c1cccc(C#N)c1. The highest BCUT2D eigenvalue weighted by molar-refractivity contribution is 7.90. The average molecular weight is 221 g/mol. The summed E-state index contributed by atoms with van der Waals surface area (Å²) in [4.78, 5) is 0.182. The third kappa shape index (κ3) is 4.85. The second-order valence-electron chi connectivity index (χ2n) is 2.70. The van der Waals surface area contributed by atoms with Gasteiger partial charge < -0.3 is 0 Å². The summed E-state index contributed by atoms with van der Waals surface area (Å²) >= 11 is 0. The van der Waals surface area contributed by atoms with Crippen LogP contribution in [0.2, 0.25) is 0 Å². The Morgan fingerprint density at radius 2 is 1.93 bits per heavy atom. The van der Waals surface area contributed by atoms with Crippen LogP contribution in [0.5, 0.6) is 0 Å². The first kappa shape index (κ1) is 13.2. The van der Waals surface area contributed by atoms with E-state index in [1.807, 2.05) is 6.07 Å². The van der Waals surface area contributed by atoms with Gasteiger partial charge in [0, 0.05) is 6.26 Å². The maximum Gasteiger partial charge on any atom is 0.175 e. The largest absolute Gasteiger partial charge is 0.224 e. The minimum absolute atomic E-state index is 0.182. The highest BCUT2D eigenvalue weighted by Gasteiger charge is 2.06. The Hall–Kier alpha value is -1.78. The summed E-state index contributed by atoms with van der Waals surface area (Å²) in [6.45, 7) is 1.65. The Morgan fingerprint density at radius 1 is 1.40 bits per heavy atom. The van der Waals surface area contributed by atoms with E-state index in [1.54, 1.807) is 19.1 Å². The molecule has 0 atom stereocenters. The van der Waals surface area contributed by atoms with Gasteiger partial charge in [0.2, 0.25) is 0 Å². The fourth-order valence-corrected chi connectivity index (χ4v) is 1.46. The number of hydrogen-bond acceptors (Lipinski definition) is 3. The average Bonchev–Trinajstić information content (AvgIpc) is 2.18. The van der Waals surface area contributed by atoms with Crippen LogP contribution in [0.1, 0.15) is 12.5 Å². The second kappa shape index (κ2) is 5.85. The number of benzene rings is 1. The van der Waals surface area contributed by atoms with Crippen LogP contribution in [-0.4, -0.2) is 14.7 Å². The molecule has 0 bridgehead atoms. The standard InChI is InChI=1S/C8H7NO2S.C3H4/c1-12(10,11)8-4-2-3-7(5-8)6-9;1-3-2/h2-5H,1H3;1H,2H3. The van der Waals surface area contributed by atoms with Crippen molar-refractivity contribution in [1.82, 2.24) is 0 Å². The molecule has 0 aliphatic rings. The molecule has 78 valence electrons. The molecule has 0 aromatic heterocycles. The van der Waals surface area contributed by atoms with E-state index in [-0.39, 0.29) is 4.90 Å². The molecule has 0 spiro atoms. The van der Waals surface area contributed by atoms with Crippen molar-refractivity contribution in [3.05, 3.63) is 29.8 Å². The predicted molar refractivity (Wildman–Crippen MR) is 58.8 cm³/mol. The number of nitrogens with zero attached hydrogens (tertiary/aromatic N) is 1. The Balaban J connectivity index is 0.000000583. The smallest absolute Gasteiger partial charge is 0.175 e. The monoisotopic (exact) mass is 221 g/mol. The maximum atomic E-state index is 11.0. The molecule has 1 aromatic rings. The van der Waals surface area contributed by atoms with E-state index in [1.165, 1.54) is 12.1 Å². The van der Waals surface area contributed by atoms with Crippen LogP contribution in [0, 0.1) is 23.7 Å². The first-order valence-electron chi connectivity index (χ1n) is 4.03. The van der Waals surface area contributed by atoms with Gasteiger partial charge in [0.15, 0.2) is 9.84 Å². The summed E-state index contributed by atoms with van der Waals surface area (Å²) in [7, 11) is -3.19. The van der Waals surface area contributed by atoms with Crippen LogP contribution in [0.4, 0.5) is 0 Å². The van der Waals surface area contributed by atoms with Gasteiger partial charge in [-0.25, -0.2) is 8.42 Å². The number of terminal acetylenes is 1. The summed E-state index contributed by atoms with van der Waals surface area (Å²) in [5, 5.41) is 8.48. The van der Waals surface area contributed by atoms with Gasteiger partial charge in [0.05, 0.1) is 16.5 Å². The Kier molecular flexibility index (Phi) is 5.15. The zero-order valence-corrected chi connectivity index (χ0v) is 9.38. The van der Waals surface area contributed by atoms with Gasteiger partial charge in [0.1, 0.15) is 0 Å². The zero-order valence-electron chi connectivity index (χ0n) is 8.56. The van der Waals surface area contributed by atoms with Crippen molar-refractivity contribution in [1.29, 1.82) is 5.26 Å². The summed E-state index contributed by atoms with van der Waals surface area (Å²) in [6.07, 6.45) is 5.71. The van der Waals surface area contributed by atoms with Crippen LogP contribution in [0.25, 0.3) is 0 Å². The molecule has 0 N–H and O–H groups in total. The minimum Gasteiger partial charge on any atom is -0.224 e. The van der Waals surface area contributed by atoms with Crippen LogP contribution >= 0.6 is 0 Å². The molecule has 4 heteroatoms. The van der Waals surface area contributed by atoms with Crippen molar-refractivity contribution < 1.29 is 8.42 Å². The van der Waals surface area contributed by atoms with Gasteiger partial charge in [-0.15, -0.1) is 12.3 Å². The Morgan fingerprint density at radius 3 is 2.33 bits per heavy atom. The molecule has 0 aliphatic heterocycles. The van der Waals surface area contributed by atoms with Crippen LogP contribution in [0.15, 0.2) is 29.2 Å². The second-order valence-corrected chi connectivity index (χ2v) is 4.72. The van der Waals surface area contributed by atoms with Gasteiger partial charge in [0.25, 0.3) is 0 Å². The Labute approximate surface area is 90.3 Å². The summed E-state index contributed by atoms with van der Waals surface area (Å²) in [5.74, 6) is 2.25. The van der Waals surface area contributed by atoms with Crippen molar-refractivity contribution in [2.45, 2.75) is 11.8 Å². The number of rotatable bonds is 1. The molecule has 0 heterocycles. The van der Waals surface area contributed by atoms with Crippen molar-refractivity contribution >= 4 is 9.84 Å². The lowest BCUT2D eigenvalue weighted by molar-refractivity contribution is 0.602. The molecule has 0 aliphatic carbocycles. The van der Waals surface area contributed by atoms with Crippen LogP contribution in [-0.2, 0) is 9.84 Å². The zero-order chi connectivity index (χ0) is 11.9. The first-order valence-corrected chi connectivity index (χ1v) is 5.92. The lowest BCUT2D eigenvalue weighted by Gasteiger charge is -1.96. The van der Waals surface area contributed by atoms with E-state index >= 15 is 0 Å². The molecule has 1 aromatic carbocycles. The van der Waals surface area contributed by atoms with Gasteiger partial charge in [-0.05, 0) is 25.1 Å². The molecule has 0 saturated carbocycles. The van der Waals surface area contributed by atoms with Crippen LogP contribution < -0.4 is 0 Å². The lowest BCUT2D eigenvalue weighted by Crippen LogP contribution is -1.96. The summed E-state index contributed by atoms with van der Waals surface area (Å²) in [6, 6.07) is 7.81. The van der Waals surface area contributed by atoms with Crippen LogP contribution in [0.3, 0.4) is 0 Å². The molecule has 15 heavy (non-hydrogen) atoms. The normalized spacial score (nSPS) is 9.07. The van der Waals surface area contributed by atoms with Gasteiger partial charge >= 0.3 is 0 Å². The van der Waals surface area contributed by atoms with Crippen molar-refractivity contribution in [3.8, 4) is 18.4 Å². The van der Waals surface area contributed by atoms with E-state index in [2.05, 4.69) is 12.3 Å². The third-order valence-corrected chi connectivity index (χ3v) is 2.50. The molecule has 0 radical (unpaired) electrons. The van der Waals surface area contributed by atoms with Gasteiger partial charge in [-0.3, -0.25) is 0 Å². The number of nitriles is 1. The highest BCUT2D eigenvalue weighted by atomic mass is 32.2. The molecule has 0 amide bonds. The van der Waals surface area contributed by atoms with E-state index in [0.717, 1.165) is 6.26 Å². The quantitative estimate of drug-likeness (QED) is 0.677. The predicted octanol–water partition coefficient (Wildman–Crippen LogP) is 1.60. The molecule has 0 unspecified atom stereocenters. The van der Waals surface area contributed by atoms with E-state index in [9.17, 15) is 8.42 Å². The van der Waals surface area contributed by atoms with Crippen molar-refractivity contribution in [3.63, 3.8) is 0 Å². The van der Waals surface area contributed by atoms with Crippen molar-refractivity contribution in [2.24, 2.45) is 0 Å². The minimum atomic E-state index is -3.19. The maximum absolute atomic E-state index is 11.0. The fourth-order valence-electron chi connectivity index (χ4n) is 0.796. The topological polar surface area (TPSA) is 57.9 Å². The van der Waals surface area contributed by atoms with Gasteiger partial charge in [-0.1, -0.05) is 6.07 Å². The summed E-state index contributed by atoms with van der Waals surface area (Å²) < 4.78 is 22.0.